The number of benzene rings is 1. The molecule has 3 heteroatoms. The Morgan fingerprint density at radius 3 is 2.46 bits per heavy atom. The maximum atomic E-state index is 2.87. The molecule has 2 rings (SSSR count). The number of hydrogen-bond acceptors (Lipinski definition) is 3. The lowest BCUT2D eigenvalue weighted by atomic mass is 9.98. The number of thiophene rings is 1. The van der Waals surface area contributed by atoms with Gasteiger partial charge in [0.2, 0.25) is 0 Å². The molecule has 24 heavy (non-hydrogen) atoms. The number of likely N-dealkylation sites (N-methyl/N-ethyl adjacent to an activating group) is 1. The molecule has 0 bridgehead atoms. The molecule has 0 radical (unpaired) electrons. The van der Waals surface area contributed by atoms with Crippen molar-refractivity contribution in [3.05, 3.63) is 59.1 Å². The Labute approximate surface area is 151 Å². The first-order valence-corrected chi connectivity index (χ1v) is 9.43. The fourth-order valence-corrected chi connectivity index (χ4v) is 3.87. The lowest BCUT2D eigenvalue weighted by molar-refractivity contribution is 0.414. The van der Waals surface area contributed by atoms with Crippen molar-refractivity contribution in [2.75, 3.05) is 27.7 Å². The van der Waals surface area contributed by atoms with Gasteiger partial charge in [0.25, 0.3) is 0 Å². The van der Waals surface area contributed by atoms with E-state index in [0.717, 1.165) is 6.54 Å². The highest BCUT2D eigenvalue weighted by Gasteiger charge is 2.14. The Morgan fingerprint density at radius 1 is 1.17 bits per heavy atom. The molecule has 1 heterocycles. The Kier molecular flexibility index (Phi) is 9.43. The summed E-state index contributed by atoms with van der Waals surface area (Å²) in [7, 11) is 6.16. The molecule has 1 N–H and O–H groups in total. The van der Waals surface area contributed by atoms with E-state index in [1.54, 1.807) is 10.4 Å². The van der Waals surface area contributed by atoms with Gasteiger partial charge in [-0.05, 0) is 62.6 Å². The van der Waals surface area contributed by atoms with E-state index in [1.165, 1.54) is 16.5 Å². The highest BCUT2D eigenvalue weighted by atomic mass is 32.1. The van der Waals surface area contributed by atoms with E-state index in [2.05, 4.69) is 62.4 Å². The number of nitrogens with one attached hydrogen (secondary N) is 1. The van der Waals surface area contributed by atoms with Gasteiger partial charge in [-0.25, -0.2) is 0 Å². The fourth-order valence-electron chi connectivity index (χ4n) is 2.52. The van der Waals surface area contributed by atoms with Crippen LogP contribution >= 0.6 is 11.3 Å². The zero-order valence-corrected chi connectivity index (χ0v) is 16.8. The molecule has 0 aliphatic rings. The molecule has 1 aromatic heterocycles. The Balaban J connectivity index is 0.000000351. The minimum Gasteiger partial charge on any atom is -0.394 e. The van der Waals surface area contributed by atoms with Crippen LogP contribution in [0.2, 0.25) is 0 Å². The maximum absolute atomic E-state index is 2.87. The van der Waals surface area contributed by atoms with Crippen molar-refractivity contribution in [1.29, 1.82) is 0 Å². The van der Waals surface area contributed by atoms with E-state index in [1.807, 2.05) is 49.7 Å². The van der Waals surface area contributed by atoms with Gasteiger partial charge in [0.15, 0.2) is 0 Å². The molecule has 1 aromatic carbocycles. The summed E-state index contributed by atoms with van der Waals surface area (Å²) in [5.74, 6) is 0.614. The van der Waals surface area contributed by atoms with Gasteiger partial charge in [-0.2, -0.15) is 0 Å². The third-order valence-corrected chi connectivity index (χ3v) is 4.89. The maximum Gasteiger partial charge on any atom is 0.0348 e. The van der Waals surface area contributed by atoms with Crippen molar-refractivity contribution in [3.8, 4) is 0 Å². The predicted octanol–water partition coefficient (Wildman–Crippen LogP) is 5.42. The Hall–Kier alpha value is -1.58. The summed E-state index contributed by atoms with van der Waals surface area (Å²) in [5, 5.41) is 4.33. The average Bonchev–Trinajstić information content (AvgIpc) is 2.92. The SMILES string of the molecule is C/C=C\C=C/NC.CC(C)c1c(CCN(C)C)sc2ccccc12. The molecule has 0 saturated heterocycles. The van der Waals surface area contributed by atoms with E-state index in [-0.39, 0.29) is 0 Å². The van der Waals surface area contributed by atoms with Gasteiger partial charge in [-0.15, -0.1) is 11.3 Å². The summed E-state index contributed by atoms with van der Waals surface area (Å²) in [6.45, 7) is 7.72. The van der Waals surface area contributed by atoms with Gasteiger partial charge in [0, 0.05) is 23.2 Å². The summed E-state index contributed by atoms with van der Waals surface area (Å²) < 4.78 is 1.44. The van der Waals surface area contributed by atoms with Crippen LogP contribution in [0.15, 0.2) is 48.7 Å². The first kappa shape index (κ1) is 20.5. The summed E-state index contributed by atoms with van der Waals surface area (Å²) in [6, 6.07) is 8.79. The summed E-state index contributed by atoms with van der Waals surface area (Å²) in [4.78, 5) is 3.82. The second-order valence-corrected chi connectivity index (χ2v) is 7.45. The molecule has 0 aliphatic heterocycles. The van der Waals surface area contributed by atoms with E-state index < -0.39 is 0 Å². The van der Waals surface area contributed by atoms with Crippen LogP contribution in [-0.4, -0.2) is 32.6 Å². The van der Waals surface area contributed by atoms with Crippen LogP contribution in [-0.2, 0) is 6.42 Å². The van der Waals surface area contributed by atoms with Crippen LogP contribution in [0.3, 0.4) is 0 Å². The monoisotopic (exact) mass is 344 g/mol. The minimum atomic E-state index is 0.614. The second kappa shape index (κ2) is 11.1. The summed E-state index contributed by atoms with van der Waals surface area (Å²) in [6.07, 6.45) is 8.93. The molecule has 2 aromatic rings. The highest BCUT2D eigenvalue weighted by molar-refractivity contribution is 7.19. The van der Waals surface area contributed by atoms with E-state index in [9.17, 15) is 0 Å². The van der Waals surface area contributed by atoms with Crippen molar-refractivity contribution in [3.63, 3.8) is 0 Å². The average molecular weight is 345 g/mol. The molecule has 132 valence electrons. The van der Waals surface area contributed by atoms with Gasteiger partial charge in [-0.1, -0.05) is 44.2 Å². The standard InChI is InChI=1S/C15H21NS.C6H11N/c1-11(2)15-12-7-5-6-8-13(12)17-14(15)9-10-16(3)4;1-3-4-5-6-7-2/h5-8,11H,9-10H2,1-4H3;3-7H,1-2H3/b;4-3-,6-5-. The van der Waals surface area contributed by atoms with Gasteiger partial charge in [-0.3, -0.25) is 0 Å². The molecular formula is C21H32N2S. The zero-order chi connectivity index (χ0) is 17.9. The van der Waals surface area contributed by atoms with Crippen LogP contribution in [0.5, 0.6) is 0 Å². The van der Waals surface area contributed by atoms with Gasteiger partial charge in [0.1, 0.15) is 0 Å². The molecule has 2 nitrogen and oxygen atoms in total. The first-order chi connectivity index (χ1) is 11.5. The van der Waals surface area contributed by atoms with E-state index in [4.69, 9.17) is 0 Å². The normalized spacial score (nSPS) is 11.7. The van der Waals surface area contributed by atoms with E-state index >= 15 is 0 Å². The summed E-state index contributed by atoms with van der Waals surface area (Å²) in [5.41, 5.74) is 1.56. The molecule has 0 spiro atoms. The van der Waals surface area contributed by atoms with Crippen LogP contribution in [0, 0.1) is 0 Å². The van der Waals surface area contributed by atoms with Crippen LogP contribution in [0.1, 0.15) is 37.1 Å². The molecule has 0 amide bonds. The highest BCUT2D eigenvalue weighted by Crippen LogP contribution is 2.36. The number of allylic oxidation sites excluding steroid dienone is 3. The molecular weight excluding hydrogens is 312 g/mol. The second-order valence-electron chi connectivity index (χ2n) is 6.32. The fraction of sp³-hybridized carbons (Fsp3) is 0.429. The molecule has 0 fully saturated rings. The van der Waals surface area contributed by atoms with Crippen LogP contribution in [0.4, 0.5) is 0 Å². The summed E-state index contributed by atoms with van der Waals surface area (Å²) >= 11 is 1.97. The molecule has 0 atom stereocenters. The number of hydrogen-bond donors (Lipinski definition) is 1. The van der Waals surface area contributed by atoms with Crippen molar-refractivity contribution >= 4 is 21.4 Å². The van der Waals surface area contributed by atoms with Gasteiger partial charge >= 0.3 is 0 Å². The molecule has 0 unspecified atom stereocenters. The molecule has 0 aliphatic carbocycles. The first-order valence-electron chi connectivity index (χ1n) is 8.61. The van der Waals surface area contributed by atoms with Crippen LogP contribution < -0.4 is 5.32 Å². The third-order valence-electron chi connectivity index (χ3n) is 3.64. The smallest absolute Gasteiger partial charge is 0.0348 e. The topological polar surface area (TPSA) is 15.3 Å². The molecule has 0 saturated carbocycles. The number of nitrogens with zero attached hydrogens (tertiary/aromatic N) is 1. The van der Waals surface area contributed by atoms with Crippen molar-refractivity contribution in [2.45, 2.75) is 33.1 Å². The van der Waals surface area contributed by atoms with Gasteiger partial charge in [0.05, 0.1) is 0 Å². The predicted molar refractivity (Wildman–Crippen MR) is 111 cm³/mol. The third kappa shape index (κ3) is 6.50. The van der Waals surface area contributed by atoms with Crippen molar-refractivity contribution in [2.24, 2.45) is 0 Å². The minimum absolute atomic E-state index is 0.614. The van der Waals surface area contributed by atoms with Crippen LogP contribution in [0.25, 0.3) is 10.1 Å². The van der Waals surface area contributed by atoms with Crippen molar-refractivity contribution < 1.29 is 0 Å². The lowest BCUT2D eigenvalue weighted by Gasteiger charge is -2.11. The Morgan fingerprint density at radius 2 is 1.88 bits per heavy atom. The number of rotatable bonds is 6. The zero-order valence-electron chi connectivity index (χ0n) is 16.0. The van der Waals surface area contributed by atoms with Gasteiger partial charge < -0.3 is 10.2 Å². The number of fused-ring (bicyclic) bond motifs is 1. The quantitative estimate of drug-likeness (QED) is 0.703. The van der Waals surface area contributed by atoms with Crippen molar-refractivity contribution in [1.82, 2.24) is 10.2 Å². The van der Waals surface area contributed by atoms with E-state index in [0.29, 0.717) is 5.92 Å². The lowest BCUT2D eigenvalue weighted by Crippen LogP contribution is -2.15. The largest absolute Gasteiger partial charge is 0.394 e. The Bertz CT molecular complexity index is 651.